The number of aryl methyl sites for hydroxylation is 3. The third kappa shape index (κ3) is 6.51. The van der Waals surface area contributed by atoms with Gasteiger partial charge in [0, 0.05) is 37.7 Å². The number of Topliss-reactive ketones (excluding diaryl/α,β-unsaturated/α-hetero) is 1. The van der Waals surface area contributed by atoms with E-state index in [4.69, 9.17) is 10.5 Å². The monoisotopic (exact) mass is 511 g/mol. The number of fused-ring (bicyclic) bond motifs is 1. The molecule has 0 aliphatic heterocycles. The molecule has 0 aliphatic carbocycles. The molecule has 3 rings (SSSR count). The van der Waals surface area contributed by atoms with Crippen LogP contribution in [0.5, 0.6) is 0 Å². The molecule has 0 saturated carbocycles. The number of ether oxygens (including phenoxy) is 1. The fraction of sp³-hybridized carbons (Fsp3) is 0.440. The second-order valence-electron chi connectivity index (χ2n) is 9.65. The maximum absolute atomic E-state index is 13.2. The first-order valence-corrected chi connectivity index (χ1v) is 12.0. The fourth-order valence-electron chi connectivity index (χ4n) is 3.84. The first-order valence-electron chi connectivity index (χ1n) is 12.0. The number of anilines is 1. The summed E-state index contributed by atoms with van der Waals surface area (Å²) in [5.74, 6) is -1.18. The van der Waals surface area contributed by atoms with Crippen LogP contribution in [0, 0.1) is 6.92 Å². The van der Waals surface area contributed by atoms with Crippen LogP contribution in [-0.2, 0) is 18.3 Å². The number of hydrogen-bond donors (Lipinski definition) is 3. The van der Waals surface area contributed by atoms with Gasteiger partial charge in [0.1, 0.15) is 11.3 Å². The van der Waals surface area contributed by atoms with Gasteiger partial charge < -0.3 is 20.4 Å². The minimum absolute atomic E-state index is 0.0922. The van der Waals surface area contributed by atoms with E-state index in [0.717, 1.165) is 0 Å². The number of hydrogen-bond acceptors (Lipinski definition) is 7. The Hall–Kier alpha value is -4.22. The third-order valence-corrected chi connectivity index (χ3v) is 5.46. The smallest absolute Gasteiger partial charge is 0.407 e. The third-order valence-electron chi connectivity index (χ3n) is 5.46. The van der Waals surface area contributed by atoms with E-state index in [2.05, 4.69) is 20.7 Å². The van der Waals surface area contributed by atoms with Crippen molar-refractivity contribution in [3.8, 4) is 0 Å². The summed E-state index contributed by atoms with van der Waals surface area (Å²) in [5.41, 5.74) is 7.10. The number of carbonyl (C=O) groups is 4. The predicted molar refractivity (Wildman–Crippen MR) is 138 cm³/mol. The summed E-state index contributed by atoms with van der Waals surface area (Å²) in [7, 11) is 1.66. The quantitative estimate of drug-likeness (QED) is 0.294. The largest absolute Gasteiger partial charge is 0.444 e. The highest BCUT2D eigenvalue weighted by molar-refractivity contribution is 6.11. The van der Waals surface area contributed by atoms with Crippen molar-refractivity contribution in [2.24, 2.45) is 12.8 Å². The first-order chi connectivity index (χ1) is 17.3. The highest BCUT2D eigenvalue weighted by Crippen LogP contribution is 2.26. The number of nitrogens with one attached hydrogen (secondary N) is 2. The lowest BCUT2D eigenvalue weighted by Crippen LogP contribution is -2.33. The maximum Gasteiger partial charge on any atom is 0.407 e. The lowest BCUT2D eigenvalue weighted by atomic mass is 10.0. The summed E-state index contributed by atoms with van der Waals surface area (Å²) < 4.78 is 8.36. The summed E-state index contributed by atoms with van der Waals surface area (Å²) in [6, 6.07) is 4.58. The van der Waals surface area contributed by atoms with Crippen LogP contribution in [0.25, 0.3) is 11.0 Å². The molecule has 198 valence electrons. The van der Waals surface area contributed by atoms with Crippen LogP contribution in [0.2, 0.25) is 0 Å². The van der Waals surface area contributed by atoms with Gasteiger partial charge in [-0.25, -0.2) is 9.78 Å². The van der Waals surface area contributed by atoms with Gasteiger partial charge in [-0.2, -0.15) is 5.10 Å². The van der Waals surface area contributed by atoms with Gasteiger partial charge in [-0.1, -0.05) is 0 Å². The molecule has 0 bridgehead atoms. The molecule has 4 N–H and O–H groups in total. The van der Waals surface area contributed by atoms with Crippen LogP contribution in [-0.4, -0.2) is 55.2 Å². The average molecular weight is 512 g/mol. The molecule has 3 aromatic rings. The van der Waals surface area contributed by atoms with E-state index in [1.807, 2.05) is 6.92 Å². The Morgan fingerprint density at radius 2 is 1.84 bits per heavy atom. The van der Waals surface area contributed by atoms with Crippen molar-refractivity contribution in [1.82, 2.24) is 24.6 Å². The molecule has 12 nitrogen and oxygen atoms in total. The predicted octanol–water partition coefficient (Wildman–Crippen LogP) is 2.94. The summed E-state index contributed by atoms with van der Waals surface area (Å²) >= 11 is 0. The van der Waals surface area contributed by atoms with Crippen LogP contribution < -0.4 is 16.4 Å². The Morgan fingerprint density at radius 1 is 1.14 bits per heavy atom. The summed E-state index contributed by atoms with van der Waals surface area (Å²) in [5, 5.41) is 9.67. The summed E-state index contributed by atoms with van der Waals surface area (Å²) in [6.07, 6.45) is -0.124. The minimum atomic E-state index is -0.707. The van der Waals surface area contributed by atoms with Crippen molar-refractivity contribution in [2.75, 3.05) is 11.9 Å². The molecule has 2 heterocycles. The van der Waals surface area contributed by atoms with E-state index in [1.165, 1.54) is 12.1 Å². The van der Waals surface area contributed by atoms with Gasteiger partial charge in [0.2, 0.25) is 11.9 Å². The molecule has 3 amide bonds. The molecule has 0 fully saturated rings. The van der Waals surface area contributed by atoms with E-state index in [1.54, 1.807) is 50.1 Å². The molecule has 12 heteroatoms. The van der Waals surface area contributed by atoms with Crippen LogP contribution in [0.15, 0.2) is 18.2 Å². The van der Waals surface area contributed by atoms with Crippen molar-refractivity contribution in [3.63, 3.8) is 0 Å². The minimum Gasteiger partial charge on any atom is -0.444 e. The normalized spacial score (nSPS) is 11.4. The molecule has 2 aromatic heterocycles. The number of amides is 3. The number of ketones is 1. The molecule has 0 unspecified atom stereocenters. The molecule has 0 spiro atoms. The van der Waals surface area contributed by atoms with Gasteiger partial charge >= 0.3 is 6.09 Å². The van der Waals surface area contributed by atoms with Crippen LogP contribution in [0.1, 0.15) is 77.4 Å². The Bertz CT molecular complexity index is 1360. The Balaban J connectivity index is 1.84. The topological polar surface area (TPSA) is 163 Å². The standard InChI is InChI=1S/C25H33N7O5/c1-7-32-18(11-14(2)30-32)22(35)29-23-28-17-13-15(21(26)34)12-16(20(17)31(23)6)19(33)9-8-10-27-24(36)37-25(3,4)5/h11-13H,7-10H2,1-6H3,(H2,26,34)(H,27,36)(H,28,29,35). The number of alkyl carbamates (subject to hydrolysis) is 1. The fourth-order valence-corrected chi connectivity index (χ4v) is 3.84. The van der Waals surface area contributed by atoms with E-state index in [0.29, 0.717) is 35.4 Å². The molecule has 0 radical (unpaired) electrons. The Morgan fingerprint density at radius 3 is 2.46 bits per heavy atom. The van der Waals surface area contributed by atoms with Gasteiger partial charge in [-0.05, 0) is 59.2 Å². The lowest BCUT2D eigenvalue weighted by Gasteiger charge is -2.19. The van der Waals surface area contributed by atoms with E-state index >= 15 is 0 Å². The van der Waals surface area contributed by atoms with Gasteiger partial charge in [0.25, 0.3) is 5.91 Å². The van der Waals surface area contributed by atoms with Crippen molar-refractivity contribution in [2.45, 2.75) is 59.6 Å². The molecule has 0 saturated heterocycles. The highest BCUT2D eigenvalue weighted by Gasteiger charge is 2.22. The molecule has 1 aromatic carbocycles. The molecular weight excluding hydrogens is 478 g/mol. The van der Waals surface area contributed by atoms with E-state index < -0.39 is 23.5 Å². The number of carbonyl (C=O) groups excluding carboxylic acids is 4. The zero-order valence-electron chi connectivity index (χ0n) is 22.0. The van der Waals surface area contributed by atoms with Crippen molar-refractivity contribution in [1.29, 1.82) is 0 Å². The second-order valence-corrected chi connectivity index (χ2v) is 9.65. The molecule has 0 atom stereocenters. The van der Waals surface area contributed by atoms with Crippen molar-refractivity contribution < 1.29 is 23.9 Å². The zero-order chi connectivity index (χ0) is 27.5. The summed E-state index contributed by atoms with van der Waals surface area (Å²) in [4.78, 5) is 54.3. The van der Waals surface area contributed by atoms with E-state index in [9.17, 15) is 19.2 Å². The van der Waals surface area contributed by atoms with Crippen molar-refractivity contribution >= 4 is 40.7 Å². The lowest BCUT2D eigenvalue weighted by molar-refractivity contribution is 0.0525. The number of nitrogens with two attached hydrogens (primary N) is 1. The maximum atomic E-state index is 13.2. The van der Waals surface area contributed by atoms with Gasteiger partial charge in [0.05, 0.1) is 16.7 Å². The SMILES string of the molecule is CCn1nc(C)cc1C(=O)Nc1nc2cc(C(N)=O)cc(C(=O)CCCNC(=O)OC(C)(C)C)c2n1C. The Kier molecular flexibility index (Phi) is 7.99. The molecule has 37 heavy (non-hydrogen) atoms. The van der Waals surface area contributed by atoms with Gasteiger partial charge in [-0.3, -0.25) is 24.4 Å². The molecule has 0 aliphatic rings. The Labute approximate surface area is 214 Å². The summed E-state index contributed by atoms with van der Waals surface area (Å²) in [6.45, 7) is 9.71. The highest BCUT2D eigenvalue weighted by atomic mass is 16.6. The number of rotatable bonds is 9. The number of nitrogens with zero attached hydrogens (tertiary/aromatic N) is 4. The van der Waals surface area contributed by atoms with Gasteiger partial charge in [0.15, 0.2) is 5.78 Å². The number of imidazole rings is 1. The zero-order valence-corrected chi connectivity index (χ0v) is 22.0. The van der Waals surface area contributed by atoms with E-state index in [-0.39, 0.29) is 35.8 Å². The van der Waals surface area contributed by atoms with Crippen LogP contribution in [0.4, 0.5) is 10.7 Å². The number of primary amides is 1. The second kappa shape index (κ2) is 10.8. The van der Waals surface area contributed by atoms with Crippen LogP contribution in [0.3, 0.4) is 0 Å². The first kappa shape index (κ1) is 27.4. The number of benzene rings is 1. The van der Waals surface area contributed by atoms with Crippen LogP contribution >= 0.6 is 0 Å². The average Bonchev–Trinajstić information content (AvgIpc) is 3.34. The molecular formula is C25H33N7O5. The van der Waals surface area contributed by atoms with Crippen molar-refractivity contribution in [3.05, 3.63) is 40.7 Å². The number of aromatic nitrogens is 4. The van der Waals surface area contributed by atoms with Gasteiger partial charge in [-0.15, -0.1) is 0 Å².